The van der Waals surface area contributed by atoms with Crippen LogP contribution in [0, 0.1) is 5.41 Å². The van der Waals surface area contributed by atoms with E-state index in [2.05, 4.69) is 22.5 Å². The SMILES string of the molecule is CCC1(C(=O)NC(C)Cn2ccnc2)CCNCC1. The summed E-state index contributed by atoms with van der Waals surface area (Å²) in [4.78, 5) is 16.5. The molecule has 1 aliphatic rings. The number of hydrogen-bond donors (Lipinski definition) is 2. The zero-order valence-electron chi connectivity index (χ0n) is 11.9. The van der Waals surface area contributed by atoms with Gasteiger partial charge >= 0.3 is 0 Å². The van der Waals surface area contributed by atoms with Crippen LogP contribution in [0.25, 0.3) is 0 Å². The summed E-state index contributed by atoms with van der Waals surface area (Å²) in [6.07, 6.45) is 8.25. The molecule has 5 nitrogen and oxygen atoms in total. The summed E-state index contributed by atoms with van der Waals surface area (Å²) >= 11 is 0. The number of carbonyl (C=O) groups excluding carboxylic acids is 1. The van der Waals surface area contributed by atoms with E-state index in [-0.39, 0.29) is 17.4 Å². The number of hydrogen-bond acceptors (Lipinski definition) is 3. The highest BCUT2D eigenvalue weighted by molar-refractivity contribution is 5.83. The number of aromatic nitrogens is 2. The van der Waals surface area contributed by atoms with Crippen LogP contribution in [0.1, 0.15) is 33.1 Å². The van der Waals surface area contributed by atoms with E-state index in [9.17, 15) is 4.79 Å². The molecule has 2 N–H and O–H groups in total. The molecule has 19 heavy (non-hydrogen) atoms. The van der Waals surface area contributed by atoms with E-state index in [0.29, 0.717) is 0 Å². The molecule has 5 heteroatoms. The highest BCUT2D eigenvalue weighted by atomic mass is 16.2. The van der Waals surface area contributed by atoms with Crippen LogP contribution in [-0.2, 0) is 11.3 Å². The van der Waals surface area contributed by atoms with Crippen molar-refractivity contribution >= 4 is 5.91 Å². The van der Waals surface area contributed by atoms with Crippen LogP contribution in [0.5, 0.6) is 0 Å². The highest BCUT2D eigenvalue weighted by Crippen LogP contribution is 2.32. The third-order valence-electron chi connectivity index (χ3n) is 4.14. The summed E-state index contributed by atoms with van der Waals surface area (Å²) in [7, 11) is 0. The second-order valence-electron chi connectivity index (χ2n) is 5.52. The first-order valence-corrected chi connectivity index (χ1v) is 7.14. The van der Waals surface area contributed by atoms with Gasteiger partial charge in [-0.2, -0.15) is 0 Å². The second-order valence-corrected chi connectivity index (χ2v) is 5.52. The third kappa shape index (κ3) is 3.35. The number of piperidine rings is 1. The average Bonchev–Trinajstić information content (AvgIpc) is 2.92. The molecule has 1 unspecified atom stereocenters. The van der Waals surface area contributed by atoms with Gasteiger partial charge in [-0.3, -0.25) is 4.79 Å². The molecule has 0 bridgehead atoms. The second kappa shape index (κ2) is 6.19. The zero-order valence-corrected chi connectivity index (χ0v) is 11.9. The van der Waals surface area contributed by atoms with Crippen molar-refractivity contribution in [2.45, 2.75) is 45.7 Å². The van der Waals surface area contributed by atoms with Crippen LogP contribution >= 0.6 is 0 Å². The van der Waals surface area contributed by atoms with Crippen molar-refractivity contribution in [3.8, 4) is 0 Å². The Balaban J connectivity index is 1.91. The van der Waals surface area contributed by atoms with Crippen molar-refractivity contribution in [1.29, 1.82) is 0 Å². The lowest BCUT2D eigenvalue weighted by atomic mass is 9.75. The first-order chi connectivity index (χ1) is 9.16. The van der Waals surface area contributed by atoms with Crippen molar-refractivity contribution in [2.24, 2.45) is 5.41 Å². The van der Waals surface area contributed by atoms with Gasteiger partial charge in [-0.25, -0.2) is 4.98 Å². The Kier molecular flexibility index (Phi) is 4.58. The zero-order chi connectivity index (χ0) is 13.7. The summed E-state index contributed by atoms with van der Waals surface area (Å²) in [6, 6.07) is 0.125. The predicted octanol–water partition coefficient (Wildman–Crippen LogP) is 1.17. The van der Waals surface area contributed by atoms with Crippen LogP contribution in [0.4, 0.5) is 0 Å². The predicted molar refractivity (Wildman–Crippen MR) is 74.7 cm³/mol. The molecule has 1 fully saturated rings. The first-order valence-electron chi connectivity index (χ1n) is 7.14. The lowest BCUT2D eigenvalue weighted by Crippen LogP contribution is -2.50. The van der Waals surface area contributed by atoms with Gasteiger partial charge in [0.2, 0.25) is 5.91 Å². The molecule has 1 amide bonds. The van der Waals surface area contributed by atoms with Gasteiger partial charge in [0.25, 0.3) is 0 Å². The Labute approximate surface area is 114 Å². The van der Waals surface area contributed by atoms with Gasteiger partial charge in [-0.05, 0) is 39.3 Å². The van der Waals surface area contributed by atoms with Crippen molar-refractivity contribution in [2.75, 3.05) is 13.1 Å². The summed E-state index contributed by atoms with van der Waals surface area (Å²) < 4.78 is 1.99. The van der Waals surface area contributed by atoms with E-state index < -0.39 is 0 Å². The number of imidazole rings is 1. The molecule has 0 spiro atoms. The Bertz CT molecular complexity index is 396. The molecule has 2 heterocycles. The molecule has 1 aromatic heterocycles. The molecular weight excluding hydrogens is 240 g/mol. The molecule has 0 aromatic carbocycles. The van der Waals surface area contributed by atoms with E-state index >= 15 is 0 Å². The fraction of sp³-hybridized carbons (Fsp3) is 0.714. The number of nitrogens with zero attached hydrogens (tertiary/aromatic N) is 2. The summed E-state index contributed by atoms with van der Waals surface area (Å²) in [5, 5.41) is 6.49. The molecule has 1 aliphatic heterocycles. The third-order valence-corrected chi connectivity index (χ3v) is 4.14. The van der Waals surface area contributed by atoms with Gasteiger partial charge in [0.1, 0.15) is 0 Å². The summed E-state index contributed by atoms with van der Waals surface area (Å²) in [6.45, 7) is 6.81. The quantitative estimate of drug-likeness (QED) is 0.839. The molecule has 2 rings (SSSR count). The topological polar surface area (TPSA) is 59.0 Å². The number of nitrogens with one attached hydrogen (secondary N) is 2. The van der Waals surface area contributed by atoms with Crippen LogP contribution in [0.15, 0.2) is 18.7 Å². The van der Waals surface area contributed by atoms with Gasteiger partial charge in [-0.1, -0.05) is 6.92 Å². The Morgan fingerprint density at radius 3 is 2.84 bits per heavy atom. The average molecular weight is 264 g/mol. The van der Waals surface area contributed by atoms with Gasteiger partial charge in [0, 0.05) is 25.0 Å². The van der Waals surface area contributed by atoms with E-state index in [0.717, 1.165) is 38.9 Å². The lowest BCUT2D eigenvalue weighted by Gasteiger charge is -2.36. The van der Waals surface area contributed by atoms with Gasteiger partial charge in [-0.15, -0.1) is 0 Å². The molecular formula is C14H24N4O. The normalized spacial score (nSPS) is 19.9. The van der Waals surface area contributed by atoms with Crippen LogP contribution < -0.4 is 10.6 Å². The Hall–Kier alpha value is -1.36. The van der Waals surface area contributed by atoms with Crippen molar-refractivity contribution in [3.63, 3.8) is 0 Å². The van der Waals surface area contributed by atoms with Gasteiger partial charge in [0.15, 0.2) is 0 Å². The molecule has 1 saturated heterocycles. The standard InChI is InChI=1S/C14H24N4O/c1-3-14(4-6-15-7-5-14)13(19)17-12(2)10-18-9-8-16-11-18/h8-9,11-12,15H,3-7,10H2,1-2H3,(H,17,19). The Morgan fingerprint density at radius 1 is 1.53 bits per heavy atom. The number of carbonyl (C=O) groups is 1. The monoisotopic (exact) mass is 264 g/mol. The fourth-order valence-corrected chi connectivity index (χ4v) is 2.78. The molecule has 0 saturated carbocycles. The first kappa shape index (κ1) is 14.1. The van der Waals surface area contributed by atoms with Crippen LogP contribution in [0.2, 0.25) is 0 Å². The molecule has 1 aromatic rings. The van der Waals surface area contributed by atoms with E-state index in [1.165, 1.54) is 0 Å². The molecule has 106 valence electrons. The van der Waals surface area contributed by atoms with Gasteiger partial charge < -0.3 is 15.2 Å². The van der Waals surface area contributed by atoms with Crippen molar-refractivity contribution in [3.05, 3.63) is 18.7 Å². The molecule has 1 atom stereocenters. The number of rotatable bonds is 5. The maximum absolute atomic E-state index is 12.5. The fourth-order valence-electron chi connectivity index (χ4n) is 2.78. The van der Waals surface area contributed by atoms with Crippen LogP contribution in [-0.4, -0.2) is 34.6 Å². The number of amides is 1. The van der Waals surface area contributed by atoms with E-state index in [1.807, 2.05) is 17.7 Å². The maximum Gasteiger partial charge on any atom is 0.226 e. The molecule has 0 aliphatic carbocycles. The molecule has 0 radical (unpaired) electrons. The van der Waals surface area contributed by atoms with E-state index in [1.54, 1.807) is 12.5 Å². The largest absolute Gasteiger partial charge is 0.351 e. The maximum atomic E-state index is 12.5. The minimum absolute atomic E-state index is 0.125. The lowest BCUT2D eigenvalue weighted by molar-refractivity contribution is -0.133. The highest BCUT2D eigenvalue weighted by Gasteiger charge is 2.37. The summed E-state index contributed by atoms with van der Waals surface area (Å²) in [5.74, 6) is 0.212. The minimum Gasteiger partial charge on any atom is -0.351 e. The van der Waals surface area contributed by atoms with Crippen molar-refractivity contribution in [1.82, 2.24) is 20.2 Å². The smallest absolute Gasteiger partial charge is 0.226 e. The minimum atomic E-state index is -0.172. The Morgan fingerprint density at radius 2 is 2.26 bits per heavy atom. The summed E-state index contributed by atoms with van der Waals surface area (Å²) in [5.41, 5.74) is -0.172. The van der Waals surface area contributed by atoms with Gasteiger partial charge in [0.05, 0.1) is 11.7 Å². The van der Waals surface area contributed by atoms with E-state index in [4.69, 9.17) is 0 Å². The van der Waals surface area contributed by atoms with Crippen molar-refractivity contribution < 1.29 is 4.79 Å². The van der Waals surface area contributed by atoms with Crippen LogP contribution in [0.3, 0.4) is 0 Å².